The van der Waals surface area contributed by atoms with Gasteiger partial charge >= 0.3 is 5.97 Å². The Kier molecular flexibility index (Phi) is 5.06. The maximum Gasteiger partial charge on any atom is 0.314 e. The monoisotopic (exact) mass is 284 g/mol. The zero-order valence-corrected chi connectivity index (χ0v) is 11.6. The second kappa shape index (κ2) is 6.79. The van der Waals surface area contributed by atoms with Crippen LogP contribution in [0.15, 0.2) is 18.2 Å². The minimum Gasteiger partial charge on any atom is -0.466 e. The molecule has 0 saturated carbocycles. The molecular weight excluding hydrogens is 264 g/mol. The Morgan fingerprint density at radius 2 is 2.25 bits per heavy atom. The van der Waals surface area contributed by atoms with Crippen LogP contribution in [-0.2, 0) is 16.1 Å². The highest BCUT2D eigenvalue weighted by Gasteiger charge is 2.30. The van der Waals surface area contributed by atoms with E-state index in [9.17, 15) is 13.6 Å². The van der Waals surface area contributed by atoms with E-state index in [0.29, 0.717) is 25.3 Å². The van der Waals surface area contributed by atoms with Gasteiger partial charge in [-0.15, -0.1) is 0 Å². The van der Waals surface area contributed by atoms with E-state index >= 15 is 0 Å². The van der Waals surface area contributed by atoms with Crippen LogP contribution < -0.4 is 4.90 Å². The van der Waals surface area contributed by atoms with Gasteiger partial charge in [0.1, 0.15) is 24.1 Å². The van der Waals surface area contributed by atoms with Crippen LogP contribution in [0.25, 0.3) is 0 Å². The number of hydrogen-bond acceptors (Lipinski definition) is 2. The standard InChI is InChI=1S/C15H19F2NO2/c1-2-20-15(19)12-4-3-7-18(10-12)9-11-5-6-13(16)8-14(11)17/h5-6,8,12H,2-4,7,9-10H2,1H3/p+1/t12-/m1/s1. The Morgan fingerprint density at radius 1 is 1.45 bits per heavy atom. The molecule has 0 aromatic heterocycles. The average molecular weight is 284 g/mol. The molecule has 5 heteroatoms. The molecule has 1 aliphatic rings. The maximum absolute atomic E-state index is 13.6. The van der Waals surface area contributed by atoms with Gasteiger partial charge in [-0.3, -0.25) is 4.79 Å². The van der Waals surface area contributed by atoms with Crippen LogP contribution in [-0.4, -0.2) is 25.7 Å². The third-order valence-electron chi connectivity index (χ3n) is 3.69. The lowest BCUT2D eigenvalue weighted by Crippen LogP contribution is -3.12. The van der Waals surface area contributed by atoms with Crippen molar-refractivity contribution in [3.63, 3.8) is 0 Å². The molecule has 110 valence electrons. The molecule has 1 heterocycles. The van der Waals surface area contributed by atoms with Crippen molar-refractivity contribution in [2.75, 3.05) is 19.7 Å². The van der Waals surface area contributed by atoms with Crippen LogP contribution in [0.1, 0.15) is 25.3 Å². The fourth-order valence-electron chi connectivity index (χ4n) is 2.71. The van der Waals surface area contributed by atoms with E-state index in [2.05, 4.69) is 0 Å². The highest BCUT2D eigenvalue weighted by atomic mass is 19.1. The number of quaternary nitrogens is 1. The molecule has 1 aliphatic heterocycles. The molecule has 1 N–H and O–H groups in total. The summed E-state index contributed by atoms with van der Waals surface area (Å²) in [5, 5.41) is 0. The quantitative estimate of drug-likeness (QED) is 0.846. The van der Waals surface area contributed by atoms with Crippen molar-refractivity contribution in [1.29, 1.82) is 0 Å². The molecule has 2 atom stereocenters. The van der Waals surface area contributed by atoms with Gasteiger partial charge in [-0.05, 0) is 31.9 Å². The van der Waals surface area contributed by atoms with Crippen LogP contribution in [0, 0.1) is 17.6 Å². The Balaban J connectivity index is 1.97. The number of esters is 1. The van der Waals surface area contributed by atoms with E-state index in [4.69, 9.17) is 4.74 Å². The summed E-state index contributed by atoms with van der Waals surface area (Å²) in [6, 6.07) is 3.65. The summed E-state index contributed by atoms with van der Waals surface area (Å²) in [6.07, 6.45) is 1.75. The molecule has 0 bridgehead atoms. The first-order valence-electron chi connectivity index (χ1n) is 7.04. The minimum absolute atomic E-state index is 0.109. The molecular formula is C15H20F2NO2+. The summed E-state index contributed by atoms with van der Waals surface area (Å²) in [5.74, 6) is -1.36. The lowest BCUT2D eigenvalue weighted by Gasteiger charge is -2.28. The predicted octanol–water partition coefficient (Wildman–Crippen LogP) is 1.32. The number of rotatable bonds is 4. The fraction of sp³-hybridized carbons (Fsp3) is 0.533. The molecule has 0 aliphatic carbocycles. The predicted molar refractivity (Wildman–Crippen MR) is 70.1 cm³/mol. The summed E-state index contributed by atoms with van der Waals surface area (Å²) in [7, 11) is 0. The topological polar surface area (TPSA) is 30.7 Å². The van der Waals surface area contributed by atoms with Crippen molar-refractivity contribution in [2.24, 2.45) is 5.92 Å². The van der Waals surface area contributed by atoms with Gasteiger partial charge in [0.05, 0.1) is 19.7 Å². The molecule has 1 fully saturated rings. The lowest BCUT2D eigenvalue weighted by atomic mass is 9.97. The van der Waals surface area contributed by atoms with E-state index in [0.717, 1.165) is 30.4 Å². The van der Waals surface area contributed by atoms with Crippen LogP contribution in [0.2, 0.25) is 0 Å². The third-order valence-corrected chi connectivity index (χ3v) is 3.69. The van der Waals surface area contributed by atoms with Crippen molar-refractivity contribution in [3.05, 3.63) is 35.4 Å². The van der Waals surface area contributed by atoms with E-state index < -0.39 is 11.6 Å². The second-order valence-corrected chi connectivity index (χ2v) is 5.21. The van der Waals surface area contributed by atoms with Gasteiger partial charge in [0.2, 0.25) is 0 Å². The number of likely N-dealkylation sites (tertiary alicyclic amines) is 1. The Morgan fingerprint density at radius 3 is 2.95 bits per heavy atom. The van der Waals surface area contributed by atoms with Crippen molar-refractivity contribution in [3.8, 4) is 0 Å². The summed E-state index contributed by atoms with van der Waals surface area (Å²) < 4.78 is 31.6. The van der Waals surface area contributed by atoms with Gasteiger partial charge in [-0.25, -0.2) is 8.78 Å². The number of carbonyl (C=O) groups excluding carboxylic acids is 1. The van der Waals surface area contributed by atoms with Crippen LogP contribution in [0.3, 0.4) is 0 Å². The van der Waals surface area contributed by atoms with Crippen LogP contribution in [0.4, 0.5) is 8.78 Å². The highest BCUT2D eigenvalue weighted by Crippen LogP contribution is 2.12. The first kappa shape index (κ1) is 14.9. The molecule has 3 nitrogen and oxygen atoms in total. The van der Waals surface area contributed by atoms with Gasteiger partial charge in [0.15, 0.2) is 0 Å². The number of halogens is 2. The number of benzene rings is 1. The van der Waals surface area contributed by atoms with Gasteiger partial charge in [0.25, 0.3) is 0 Å². The normalized spacial score (nSPS) is 22.6. The number of carbonyl (C=O) groups is 1. The summed E-state index contributed by atoms with van der Waals surface area (Å²) in [5.41, 5.74) is 0.492. The Bertz CT molecular complexity index is 479. The first-order chi connectivity index (χ1) is 9.60. The van der Waals surface area contributed by atoms with Gasteiger partial charge in [-0.1, -0.05) is 0 Å². The molecule has 0 radical (unpaired) electrons. The maximum atomic E-state index is 13.6. The SMILES string of the molecule is CCOC(=O)[C@@H]1CCC[NH+](Cc2ccc(F)cc2F)C1. The van der Waals surface area contributed by atoms with Crippen molar-refractivity contribution >= 4 is 5.97 Å². The molecule has 1 aromatic carbocycles. The van der Waals surface area contributed by atoms with E-state index in [1.165, 1.54) is 12.1 Å². The summed E-state index contributed by atoms with van der Waals surface area (Å²) >= 11 is 0. The number of hydrogen-bond donors (Lipinski definition) is 1. The van der Waals surface area contributed by atoms with Crippen molar-refractivity contribution in [2.45, 2.75) is 26.3 Å². The molecule has 1 unspecified atom stereocenters. The third kappa shape index (κ3) is 3.76. The molecule has 0 spiro atoms. The minimum atomic E-state index is -0.565. The van der Waals surface area contributed by atoms with E-state index in [1.807, 2.05) is 0 Å². The largest absolute Gasteiger partial charge is 0.466 e. The summed E-state index contributed by atoms with van der Waals surface area (Å²) in [6.45, 7) is 4.20. The first-order valence-corrected chi connectivity index (χ1v) is 7.04. The smallest absolute Gasteiger partial charge is 0.314 e. The Labute approximate surface area is 117 Å². The Hall–Kier alpha value is -1.49. The average Bonchev–Trinajstić information content (AvgIpc) is 2.43. The number of nitrogens with one attached hydrogen (secondary N) is 1. The second-order valence-electron chi connectivity index (χ2n) is 5.21. The molecule has 20 heavy (non-hydrogen) atoms. The van der Waals surface area contributed by atoms with E-state index in [-0.39, 0.29) is 11.9 Å². The number of piperidine rings is 1. The summed E-state index contributed by atoms with van der Waals surface area (Å²) in [4.78, 5) is 12.9. The van der Waals surface area contributed by atoms with Crippen LogP contribution >= 0.6 is 0 Å². The molecule has 1 saturated heterocycles. The fourth-order valence-corrected chi connectivity index (χ4v) is 2.71. The van der Waals surface area contributed by atoms with Crippen LogP contribution in [0.5, 0.6) is 0 Å². The highest BCUT2D eigenvalue weighted by molar-refractivity contribution is 5.72. The van der Waals surface area contributed by atoms with Gasteiger partial charge < -0.3 is 9.64 Å². The van der Waals surface area contributed by atoms with Crippen molar-refractivity contribution < 1.29 is 23.2 Å². The van der Waals surface area contributed by atoms with E-state index in [1.54, 1.807) is 6.92 Å². The molecule has 2 rings (SSSR count). The number of ether oxygens (including phenoxy) is 1. The molecule has 0 amide bonds. The van der Waals surface area contributed by atoms with Crippen molar-refractivity contribution in [1.82, 2.24) is 0 Å². The van der Waals surface area contributed by atoms with Gasteiger partial charge in [-0.2, -0.15) is 0 Å². The lowest BCUT2D eigenvalue weighted by molar-refractivity contribution is -0.921. The zero-order valence-electron chi connectivity index (χ0n) is 11.6. The zero-order chi connectivity index (χ0) is 14.5. The van der Waals surface area contributed by atoms with Gasteiger partial charge in [0, 0.05) is 11.6 Å². The molecule has 1 aromatic rings.